The van der Waals surface area contributed by atoms with Crippen molar-refractivity contribution >= 4 is 21.5 Å². The monoisotopic (exact) mass is 202 g/mol. The topological polar surface area (TPSA) is 64.7 Å². The molecule has 74 valence electrons. The second-order valence-electron chi connectivity index (χ2n) is 2.29. The fraction of sp³-hybridized carbons (Fsp3) is 0.500. The van der Waals surface area contributed by atoms with E-state index < -0.39 is 0 Å². The Balaban J connectivity index is 4.14. The highest BCUT2D eigenvalue weighted by Gasteiger charge is 2.07. The Labute approximate surface area is 80.4 Å². The van der Waals surface area contributed by atoms with Gasteiger partial charge >= 0.3 is 5.97 Å². The van der Waals surface area contributed by atoms with Gasteiger partial charge in [0.25, 0.3) is 0 Å². The number of ether oxygens (including phenoxy) is 1. The summed E-state index contributed by atoms with van der Waals surface area (Å²) in [4.78, 5) is 14.9. The van der Waals surface area contributed by atoms with Crippen molar-refractivity contribution in [3.05, 3.63) is 11.8 Å². The van der Waals surface area contributed by atoms with E-state index >= 15 is 0 Å². The Morgan fingerprint density at radius 1 is 1.69 bits per heavy atom. The summed E-state index contributed by atoms with van der Waals surface area (Å²) in [7, 11) is 2.44. The van der Waals surface area contributed by atoms with E-state index in [1.54, 1.807) is 0 Å². The molecule has 0 aliphatic carbocycles. The minimum Gasteiger partial charge on any atom is -0.462 e. The van der Waals surface area contributed by atoms with Crippen LogP contribution in [0.15, 0.2) is 16.8 Å². The molecule has 0 aromatic heterocycles. The molecule has 0 amide bonds. The maximum absolute atomic E-state index is 11.2. The van der Waals surface area contributed by atoms with Crippen LogP contribution in [-0.4, -0.2) is 25.1 Å². The van der Waals surface area contributed by atoms with Crippen molar-refractivity contribution in [3.8, 4) is 0 Å². The van der Waals surface area contributed by atoms with E-state index in [2.05, 4.69) is 14.2 Å². The quantitative estimate of drug-likeness (QED) is 0.234. The first-order valence-electron chi connectivity index (χ1n) is 4.05. The summed E-state index contributed by atoms with van der Waals surface area (Å²) >= 11 is 0. The molecule has 1 atom stereocenters. The zero-order valence-electron chi connectivity index (χ0n) is 7.69. The number of hydrogen-bond donors (Lipinski definition) is 1. The number of nitrogens with two attached hydrogens (primary N) is 1. The number of aliphatic imine (C=N–C) groups is 1. The third kappa shape index (κ3) is 5.36. The molecule has 2 N–H and O–H groups in total. The van der Waals surface area contributed by atoms with Gasteiger partial charge in [-0.3, -0.25) is 0 Å². The molecular formula is C8H15N2O2P. The van der Waals surface area contributed by atoms with Gasteiger partial charge in [0.05, 0.1) is 18.5 Å². The van der Waals surface area contributed by atoms with Gasteiger partial charge in [-0.15, -0.1) is 9.24 Å². The number of carbonyl (C=O) groups is 1. The molecule has 0 heterocycles. The van der Waals surface area contributed by atoms with Gasteiger partial charge in [-0.1, -0.05) is 6.92 Å². The fourth-order valence-corrected chi connectivity index (χ4v) is 0.881. The average Bonchev–Trinajstić information content (AvgIpc) is 2.16. The van der Waals surface area contributed by atoms with Crippen LogP contribution in [0.4, 0.5) is 0 Å². The lowest BCUT2D eigenvalue weighted by molar-refractivity contribution is -0.138. The summed E-state index contributed by atoms with van der Waals surface area (Å²) in [5, 5.41) is 0. The molecule has 0 fully saturated rings. The van der Waals surface area contributed by atoms with Gasteiger partial charge in [0.1, 0.15) is 0 Å². The van der Waals surface area contributed by atoms with Crippen LogP contribution in [0.3, 0.4) is 0 Å². The zero-order chi connectivity index (χ0) is 10.1. The molecule has 5 heteroatoms. The minimum atomic E-state index is -0.331. The Kier molecular flexibility index (Phi) is 7.21. The van der Waals surface area contributed by atoms with E-state index in [1.165, 1.54) is 6.20 Å². The maximum Gasteiger partial charge on any atom is 0.335 e. The highest BCUT2D eigenvalue weighted by Crippen LogP contribution is 2.03. The second kappa shape index (κ2) is 7.74. The smallest absolute Gasteiger partial charge is 0.335 e. The summed E-state index contributed by atoms with van der Waals surface area (Å²) < 4.78 is 4.91. The van der Waals surface area contributed by atoms with Crippen molar-refractivity contribution in [2.24, 2.45) is 10.7 Å². The first-order chi connectivity index (χ1) is 6.26. The molecule has 0 saturated heterocycles. The first-order valence-corrected chi connectivity index (χ1v) is 4.87. The summed E-state index contributed by atoms with van der Waals surface area (Å²) in [6, 6.07) is 0. The van der Waals surface area contributed by atoms with Crippen molar-refractivity contribution in [1.82, 2.24) is 0 Å². The lowest BCUT2D eigenvalue weighted by atomic mass is 10.3. The summed E-state index contributed by atoms with van der Waals surface area (Å²) in [5.41, 5.74) is 5.54. The molecule has 0 bridgehead atoms. The molecule has 0 aromatic carbocycles. The highest BCUT2D eigenvalue weighted by molar-refractivity contribution is 7.17. The molecule has 0 aromatic rings. The largest absolute Gasteiger partial charge is 0.462 e. The van der Waals surface area contributed by atoms with Crippen LogP contribution in [0.1, 0.15) is 13.3 Å². The lowest BCUT2D eigenvalue weighted by Gasteiger charge is -2.03. The van der Waals surface area contributed by atoms with Crippen LogP contribution in [-0.2, 0) is 9.53 Å². The van der Waals surface area contributed by atoms with Crippen molar-refractivity contribution in [1.29, 1.82) is 0 Å². The molecule has 4 nitrogen and oxygen atoms in total. The van der Waals surface area contributed by atoms with Gasteiger partial charge in [0.15, 0.2) is 0 Å². The Hall–Kier alpha value is -0.890. The van der Waals surface area contributed by atoms with Gasteiger partial charge in [0, 0.05) is 6.20 Å². The molecule has 0 aliphatic rings. The second-order valence-corrected chi connectivity index (χ2v) is 2.70. The molecule has 1 unspecified atom stereocenters. The lowest BCUT2D eigenvalue weighted by Crippen LogP contribution is -2.09. The van der Waals surface area contributed by atoms with Crippen LogP contribution < -0.4 is 5.73 Å². The predicted molar refractivity (Wildman–Crippen MR) is 56.6 cm³/mol. The average molecular weight is 202 g/mol. The Bertz CT molecular complexity index is 214. The normalized spacial score (nSPS) is 12.0. The Morgan fingerprint density at radius 3 is 2.85 bits per heavy atom. The van der Waals surface area contributed by atoms with Crippen LogP contribution >= 0.6 is 9.24 Å². The van der Waals surface area contributed by atoms with E-state index in [0.717, 1.165) is 12.8 Å². The van der Waals surface area contributed by atoms with Gasteiger partial charge in [0.2, 0.25) is 0 Å². The van der Waals surface area contributed by atoms with Crippen LogP contribution in [0.2, 0.25) is 0 Å². The van der Waals surface area contributed by atoms with Gasteiger partial charge in [-0.25, -0.2) is 9.79 Å². The van der Waals surface area contributed by atoms with Crippen LogP contribution in [0.5, 0.6) is 0 Å². The van der Waals surface area contributed by atoms with E-state index in [-0.39, 0.29) is 5.97 Å². The van der Waals surface area contributed by atoms with Gasteiger partial charge in [-0.05, 0) is 12.6 Å². The van der Waals surface area contributed by atoms with Crippen LogP contribution in [0.25, 0.3) is 0 Å². The van der Waals surface area contributed by atoms with E-state index in [1.807, 2.05) is 6.92 Å². The van der Waals surface area contributed by atoms with Gasteiger partial charge in [-0.2, -0.15) is 0 Å². The minimum absolute atomic E-state index is 0.331. The number of hydrogen-bond acceptors (Lipinski definition) is 3. The van der Waals surface area contributed by atoms with E-state index in [9.17, 15) is 4.79 Å². The number of nitrogens with zero attached hydrogens (tertiary/aromatic N) is 1. The van der Waals surface area contributed by atoms with Crippen LogP contribution in [0, 0.1) is 0 Å². The van der Waals surface area contributed by atoms with Crippen molar-refractivity contribution < 1.29 is 9.53 Å². The Morgan fingerprint density at radius 2 is 2.38 bits per heavy atom. The number of carbonyl (C=O) groups excluding carboxylic acids is 1. The van der Waals surface area contributed by atoms with Crippen molar-refractivity contribution in [2.75, 3.05) is 12.8 Å². The first kappa shape index (κ1) is 12.1. The van der Waals surface area contributed by atoms with E-state index in [0.29, 0.717) is 18.3 Å². The SMILES string of the molecule is CCCOC(=O)/C(=C/N=CN)CP. The maximum atomic E-state index is 11.2. The van der Waals surface area contributed by atoms with Crippen molar-refractivity contribution in [3.63, 3.8) is 0 Å². The van der Waals surface area contributed by atoms with E-state index in [4.69, 9.17) is 10.5 Å². The summed E-state index contributed by atoms with van der Waals surface area (Å²) in [5.74, 6) is -0.331. The van der Waals surface area contributed by atoms with Gasteiger partial charge < -0.3 is 10.5 Å². The number of esters is 1. The molecule has 0 aliphatic heterocycles. The molecule has 0 saturated carbocycles. The third-order valence-electron chi connectivity index (χ3n) is 1.24. The third-order valence-corrected chi connectivity index (χ3v) is 1.68. The molecule has 13 heavy (non-hydrogen) atoms. The molecular weight excluding hydrogens is 187 g/mol. The summed E-state index contributed by atoms with van der Waals surface area (Å²) in [6.07, 6.45) is 3.87. The number of rotatable bonds is 5. The predicted octanol–water partition coefficient (Wildman–Crippen LogP) is 0.686. The highest BCUT2D eigenvalue weighted by atomic mass is 31.0. The molecule has 0 spiro atoms. The zero-order valence-corrected chi connectivity index (χ0v) is 8.85. The summed E-state index contributed by atoms with van der Waals surface area (Å²) in [6.45, 7) is 2.38. The standard InChI is InChI=1S/C8H15N2O2P/c1-2-3-12-8(11)7(5-13)4-10-6-9/h4,6H,2-3,5,13H2,1H3,(H2,9,10)/b7-4+. The molecule has 0 rings (SSSR count). The fourth-order valence-electron chi connectivity index (χ4n) is 0.609. The molecule has 0 radical (unpaired) electrons. The van der Waals surface area contributed by atoms with Crippen molar-refractivity contribution in [2.45, 2.75) is 13.3 Å².